The molecule has 0 saturated carbocycles. The number of nitrogens with zero attached hydrogens (tertiary/aromatic N) is 1. The molecule has 1 aliphatic heterocycles. The zero-order valence-corrected chi connectivity index (χ0v) is 17.8. The van der Waals surface area contributed by atoms with E-state index in [0.717, 1.165) is 11.1 Å². The molecule has 4 nitrogen and oxygen atoms in total. The number of amides is 1. The van der Waals surface area contributed by atoms with Crippen LogP contribution in [0.4, 0.5) is 8.78 Å². The number of aliphatic hydroxyl groups is 1. The van der Waals surface area contributed by atoms with Crippen LogP contribution in [-0.4, -0.2) is 34.1 Å². The average molecular weight is 437 g/mol. The summed E-state index contributed by atoms with van der Waals surface area (Å²) in [5.74, 6) is -1.11. The maximum absolute atomic E-state index is 13.8. The zero-order valence-electron chi connectivity index (χ0n) is 17.8. The van der Waals surface area contributed by atoms with E-state index in [1.165, 1.54) is 36.4 Å². The number of hydrogen-bond donors (Lipinski definition) is 2. The first-order valence-corrected chi connectivity index (χ1v) is 10.7. The van der Waals surface area contributed by atoms with Crippen LogP contribution < -0.4 is 5.32 Å². The van der Waals surface area contributed by atoms with Crippen molar-refractivity contribution in [1.29, 1.82) is 0 Å². The van der Waals surface area contributed by atoms with Gasteiger partial charge in [0.1, 0.15) is 11.6 Å². The van der Waals surface area contributed by atoms with Crippen molar-refractivity contribution in [3.8, 4) is 0 Å². The van der Waals surface area contributed by atoms with Gasteiger partial charge in [0.15, 0.2) is 0 Å². The summed E-state index contributed by atoms with van der Waals surface area (Å²) in [5.41, 5.74) is 0.898. The third-order valence-electron chi connectivity index (χ3n) is 6.09. The molecule has 0 radical (unpaired) electrons. The van der Waals surface area contributed by atoms with Crippen LogP contribution in [0.1, 0.15) is 40.9 Å². The first-order valence-electron chi connectivity index (χ1n) is 10.7. The molecule has 166 valence electrons. The lowest BCUT2D eigenvalue weighted by molar-refractivity contribution is -0.0665. The number of carbonyl (C=O) groups is 1. The monoisotopic (exact) mass is 436 g/mol. The highest BCUT2D eigenvalue weighted by Gasteiger charge is 2.46. The maximum Gasteiger partial charge on any atom is 0.251 e. The molecule has 1 fully saturated rings. The number of likely N-dealkylation sites (tertiary alicyclic amines) is 1. The van der Waals surface area contributed by atoms with E-state index in [0.29, 0.717) is 25.1 Å². The minimum absolute atomic E-state index is 0.302. The molecule has 3 aromatic rings. The van der Waals surface area contributed by atoms with E-state index in [1.54, 1.807) is 13.0 Å². The van der Waals surface area contributed by atoms with Crippen LogP contribution in [-0.2, 0) is 6.54 Å². The fourth-order valence-corrected chi connectivity index (χ4v) is 4.38. The first kappa shape index (κ1) is 22.1. The normalized spacial score (nSPS) is 23.6. The van der Waals surface area contributed by atoms with Gasteiger partial charge in [0.2, 0.25) is 0 Å². The van der Waals surface area contributed by atoms with Crippen LogP contribution in [0.5, 0.6) is 0 Å². The van der Waals surface area contributed by atoms with Gasteiger partial charge in [-0.25, -0.2) is 8.78 Å². The molecule has 3 aromatic carbocycles. The summed E-state index contributed by atoms with van der Waals surface area (Å²) < 4.78 is 27.1. The fourth-order valence-electron chi connectivity index (χ4n) is 4.38. The molecule has 0 spiro atoms. The Balaban J connectivity index is 1.68. The molecule has 1 heterocycles. The molecule has 2 N–H and O–H groups in total. The third-order valence-corrected chi connectivity index (χ3v) is 6.09. The van der Waals surface area contributed by atoms with Gasteiger partial charge in [-0.05, 0) is 60.9 Å². The van der Waals surface area contributed by atoms with Crippen LogP contribution in [0.15, 0.2) is 78.9 Å². The van der Waals surface area contributed by atoms with Gasteiger partial charge in [-0.1, -0.05) is 42.5 Å². The Morgan fingerprint density at radius 2 is 1.75 bits per heavy atom. The van der Waals surface area contributed by atoms with Crippen LogP contribution in [0.2, 0.25) is 0 Å². The summed E-state index contributed by atoms with van der Waals surface area (Å²) in [5, 5.41) is 14.3. The Morgan fingerprint density at radius 3 is 2.44 bits per heavy atom. The molecule has 0 aromatic heterocycles. The summed E-state index contributed by atoms with van der Waals surface area (Å²) in [6.07, 6.45) is 0.431. The molecule has 1 amide bonds. The van der Waals surface area contributed by atoms with Crippen molar-refractivity contribution >= 4 is 5.91 Å². The number of piperidine rings is 1. The quantitative estimate of drug-likeness (QED) is 0.621. The maximum atomic E-state index is 13.8. The van der Waals surface area contributed by atoms with E-state index in [1.807, 2.05) is 36.4 Å². The highest BCUT2D eigenvalue weighted by molar-refractivity contribution is 5.94. The van der Waals surface area contributed by atoms with Crippen LogP contribution in [0.3, 0.4) is 0 Å². The highest BCUT2D eigenvalue weighted by atomic mass is 19.1. The lowest BCUT2D eigenvalue weighted by atomic mass is 9.79. The van der Waals surface area contributed by atoms with E-state index in [9.17, 15) is 18.7 Å². The molecular weight excluding hydrogens is 410 g/mol. The van der Waals surface area contributed by atoms with E-state index in [-0.39, 0.29) is 17.8 Å². The van der Waals surface area contributed by atoms with Gasteiger partial charge < -0.3 is 10.4 Å². The molecule has 0 aliphatic carbocycles. The second kappa shape index (κ2) is 9.18. The second-order valence-electron chi connectivity index (χ2n) is 8.52. The molecule has 3 unspecified atom stereocenters. The van der Waals surface area contributed by atoms with E-state index >= 15 is 0 Å². The van der Waals surface area contributed by atoms with E-state index in [2.05, 4.69) is 10.2 Å². The number of benzene rings is 3. The molecular formula is C26H26F2N2O2. The van der Waals surface area contributed by atoms with Crippen LogP contribution in [0.25, 0.3) is 0 Å². The van der Waals surface area contributed by atoms with Crippen molar-refractivity contribution in [3.63, 3.8) is 0 Å². The molecule has 1 saturated heterocycles. The Kier molecular flexibility index (Phi) is 6.35. The average Bonchev–Trinajstić information content (AvgIpc) is 2.77. The van der Waals surface area contributed by atoms with Crippen molar-refractivity contribution < 1.29 is 18.7 Å². The standard InChI is InChI=1S/C26H26F2N2O2/c1-26(32)14-15-30(17-18-6-5-9-22(28)16-18)23(19-7-3-2-4-8-19)24(26)29-25(31)20-10-12-21(27)13-11-20/h2-13,16,23-24,32H,14-15,17H2,1H3,(H,29,31). The van der Waals surface area contributed by atoms with Crippen LogP contribution in [0, 0.1) is 11.6 Å². The van der Waals surface area contributed by atoms with Gasteiger partial charge in [-0.3, -0.25) is 9.69 Å². The summed E-state index contributed by atoms with van der Waals surface area (Å²) in [4.78, 5) is 15.1. The SMILES string of the molecule is CC1(O)CCN(Cc2cccc(F)c2)C(c2ccccc2)C1NC(=O)c1ccc(F)cc1. The zero-order chi connectivity index (χ0) is 22.7. The Bertz CT molecular complexity index is 1070. The summed E-state index contributed by atoms with van der Waals surface area (Å²) in [6, 6.07) is 20.4. The molecule has 32 heavy (non-hydrogen) atoms. The molecule has 3 atom stereocenters. The fraction of sp³-hybridized carbons (Fsp3) is 0.269. The smallest absolute Gasteiger partial charge is 0.251 e. The molecule has 4 rings (SSSR count). The van der Waals surface area contributed by atoms with Gasteiger partial charge in [-0.15, -0.1) is 0 Å². The van der Waals surface area contributed by atoms with Crippen molar-refractivity contribution in [3.05, 3.63) is 107 Å². The summed E-state index contributed by atoms with van der Waals surface area (Å²) in [7, 11) is 0. The Morgan fingerprint density at radius 1 is 1.03 bits per heavy atom. The number of rotatable bonds is 5. The van der Waals surface area contributed by atoms with Gasteiger partial charge in [0.05, 0.1) is 17.7 Å². The van der Waals surface area contributed by atoms with Gasteiger partial charge >= 0.3 is 0 Å². The largest absolute Gasteiger partial charge is 0.388 e. The van der Waals surface area contributed by atoms with E-state index in [4.69, 9.17) is 0 Å². The van der Waals surface area contributed by atoms with Gasteiger partial charge in [0.25, 0.3) is 5.91 Å². The van der Waals surface area contributed by atoms with Gasteiger partial charge in [-0.2, -0.15) is 0 Å². The predicted octanol–water partition coefficient (Wildman–Crippen LogP) is 4.46. The van der Waals surface area contributed by atoms with Crippen LogP contribution >= 0.6 is 0 Å². The Hall–Kier alpha value is -3.09. The number of nitrogens with one attached hydrogen (secondary N) is 1. The Labute approximate surface area is 186 Å². The second-order valence-corrected chi connectivity index (χ2v) is 8.52. The summed E-state index contributed by atoms with van der Waals surface area (Å²) in [6.45, 7) is 2.76. The summed E-state index contributed by atoms with van der Waals surface area (Å²) >= 11 is 0. The van der Waals surface area contributed by atoms with Gasteiger partial charge in [0, 0.05) is 18.7 Å². The molecule has 6 heteroatoms. The number of halogens is 2. The predicted molar refractivity (Wildman–Crippen MR) is 119 cm³/mol. The number of hydrogen-bond acceptors (Lipinski definition) is 3. The highest BCUT2D eigenvalue weighted by Crippen LogP contribution is 2.38. The van der Waals surface area contributed by atoms with Crippen molar-refractivity contribution in [1.82, 2.24) is 10.2 Å². The lowest BCUT2D eigenvalue weighted by Crippen LogP contribution is -2.62. The molecule has 1 aliphatic rings. The first-order chi connectivity index (χ1) is 15.3. The van der Waals surface area contributed by atoms with Crippen molar-refractivity contribution in [2.75, 3.05) is 6.54 Å². The van der Waals surface area contributed by atoms with Crippen molar-refractivity contribution in [2.24, 2.45) is 0 Å². The topological polar surface area (TPSA) is 52.6 Å². The lowest BCUT2D eigenvalue weighted by Gasteiger charge is -2.49. The van der Waals surface area contributed by atoms with E-state index < -0.39 is 17.5 Å². The molecule has 0 bridgehead atoms. The van der Waals surface area contributed by atoms with Crippen molar-refractivity contribution in [2.45, 2.75) is 37.6 Å². The minimum Gasteiger partial charge on any atom is -0.388 e. The third kappa shape index (κ3) is 4.87. The number of carbonyl (C=O) groups excluding carboxylic acids is 1. The minimum atomic E-state index is -1.17.